The van der Waals surface area contributed by atoms with Gasteiger partial charge in [-0.1, -0.05) is 59.3 Å². The van der Waals surface area contributed by atoms with Crippen molar-refractivity contribution in [1.29, 1.82) is 0 Å². The molecule has 1 atom stereocenters. The van der Waals surface area contributed by atoms with E-state index in [2.05, 4.69) is 30.7 Å². The summed E-state index contributed by atoms with van der Waals surface area (Å²) in [7, 11) is 0. The van der Waals surface area contributed by atoms with Crippen LogP contribution in [0.15, 0.2) is 36.7 Å². The molecule has 0 fully saturated rings. The normalized spacial score (nSPS) is 12.1. The Hall–Kier alpha value is -1.90. The highest BCUT2D eigenvalue weighted by Crippen LogP contribution is 2.20. The van der Waals surface area contributed by atoms with Crippen LogP contribution in [0, 0.1) is 5.92 Å². The van der Waals surface area contributed by atoms with Crippen LogP contribution in [0.5, 0.6) is 5.75 Å². The maximum atomic E-state index is 5.86. The van der Waals surface area contributed by atoms with Gasteiger partial charge in [0.1, 0.15) is 5.75 Å². The molecule has 1 aromatic heterocycles. The van der Waals surface area contributed by atoms with Crippen LogP contribution < -0.4 is 4.74 Å². The lowest BCUT2D eigenvalue weighted by molar-refractivity contribution is 0.302. The lowest BCUT2D eigenvalue weighted by atomic mass is 10.0. The minimum atomic E-state index is 0.783. The Balaban J connectivity index is 1.73. The summed E-state index contributed by atoms with van der Waals surface area (Å²) in [6.07, 6.45) is 15.0. The zero-order chi connectivity index (χ0) is 19.3. The highest BCUT2D eigenvalue weighted by Gasteiger charge is 2.03. The minimum Gasteiger partial charge on any atom is -0.494 e. The smallest absolute Gasteiger partial charge is 0.159 e. The minimum absolute atomic E-state index is 0.783. The van der Waals surface area contributed by atoms with E-state index in [0.717, 1.165) is 42.5 Å². The first kappa shape index (κ1) is 21.4. The quantitative estimate of drug-likeness (QED) is 0.362. The Bertz CT molecular complexity index is 622. The van der Waals surface area contributed by atoms with E-state index in [4.69, 9.17) is 4.74 Å². The van der Waals surface area contributed by atoms with Gasteiger partial charge in [0.15, 0.2) is 5.82 Å². The van der Waals surface area contributed by atoms with E-state index < -0.39 is 0 Å². The number of benzene rings is 1. The third-order valence-electron chi connectivity index (χ3n) is 5.19. The monoisotopic (exact) mass is 368 g/mol. The predicted octanol–water partition coefficient (Wildman–Crippen LogP) is 6.86. The fourth-order valence-electron chi connectivity index (χ4n) is 3.08. The van der Waals surface area contributed by atoms with E-state index in [-0.39, 0.29) is 0 Å². The first-order chi connectivity index (χ1) is 13.2. The van der Waals surface area contributed by atoms with Crippen LogP contribution >= 0.6 is 0 Å². The van der Waals surface area contributed by atoms with Crippen LogP contribution in [0.4, 0.5) is 0 Å². The molecule has 0 amide bonds. The fraction of sp³-hybridized carbons (Fsp3) is 0.583. The second-order valence-electron chi connectivity index (χ2n) is 7.61. The summed E-state index contributed by atoms with van der Waals surface area (Å²) in [6.45, 7) is 7.62. The summed E-state index contributed by atoms with van der Waals surface area (Å²) in [6, 6.07) is 8.13. The maximum absolute atomic E-state index is 5.86. The van der Waals surface area contributed by atoms with E-state index >= 15 is 0 Å². The van der Waals surface area contributed by atoms with Crippen LogP contribution in [-0.4, -0.2) is 16.6 Å². The van der Waals surface area contributed by atoms with Crippen LogP contribution in [0.1, 0.15) is 77.7 Å². The fourth-order valence-corrected chi connectivity index (χ4v) is 3.08. The summed E-state index contributed by atoms with van der Waals surface area (Å²) in [5.41, 5.74) is 2.26. The second kappa shape index (κ2) is 12.5. The van der Waals surface area contributed by atoms with E-state index in [0.29, 0.717) is 0 Å². The molecule has 2 rings (SSSR count). The van der Waals surface area contributed by atoms with Crippen molar-refractivity contribution in [2.45, 2.75) is 78.6 Å². The lowest BCUT2D eigenvalue weighted by Gasteiger charge is -2.09. The van der Waals surface area contributed by atoms with Gasteiger partial charge in [-0.15, -0.1) is 0 Å². The van der Waals surface area contributed by atoms with E-state index in [1.807, 2.05) is 36.7 Å². The summed E-state index contributed by atoms with van der Waals surface area (Å²) in [4.78, 5) is 9.04. The summed E-state index contributed by atoms with van der Waals surface area (Å²) in [5, 5.41) is 0. The number of aromatic nitrogens is 2. The van der Waals surface area contributed by atoms with Crippen molar-refractivity contribution >= 4 is 0 Å². The number of aryl methyl sites for hydroxylation is 1. The Morgan fingerprint density at radius 1 is 0.889 bits per heavy atom. The number of nitrogens with zero attached hydrogens (tertiary/aromatic N) is 2. The van der Waals surface area contributed by atoms with Gasteiger partial charge >= 0.3 is 0 Å². The molecule has 0 saturated carbocycles. The molecule has 1 unspecified atom stereocenters. The van der Waals surface area contributed by atoms with Crippen molar-refractivity contribution in [3.8, 4) is 17.1 Å². The summed E-state index contributed by atoms with van der Waals surface area (Å²) < 4.78 is 5.86. The molecule has 2 aromatic rings. The Kier molecular flexibility index (Phi) is 9.89. The van der Waals surface area contributed by atoms with Gasteiger partial charge in [0.2, 0.25) is 0 Å². The number of ether oxygens (including phenoxy) is 1. The molecular weight excluding hydrogens is 332 g/mol. The van der Waals surface area contributed by atoms with Gasteiger partial charge in [-0.25, -0.2) is 9.97 Å². The van der Waals surface area contributed by atoms with E-state index in [1.165, 1.54) is 50.5 Å². The van der Waals surface area contributed by atoms with Gasteiger partial charge in [-0.2, -0.15) is 0 Å². The third kappa shape index (κ3) is 8.11. The van der Waals surface area contributed by atoms with Crippen LogP contribution in [0.3, 0.4) is 0 Å². The van der Waals surface area contributed by atoms with Crippen molar-refractivity contribution < 1.29 is 4.74 Å². The van der Waals surface area contributed by atoms with Gasteiger partial charge < -0.3 is 4.74 Å². The average molecular weight is 369 g/mol. The molecule has 0 aliphatic carbocycles. The number of hydrogen-bond donors (Lipinski definition) is 0. The van der Waals surface area contributed by atoms with Gasteiger partial charge in [0, 0.05) is 18.0 Å². The Morgan fingerprint density at radius 3 is 2.30 bits per heavy atom. The average Bonchev–Trinajstić information content (AvgIpc) is 2.71. The molecule has 3 nitrogen and oxygen atoms in total. The number of unbranched alkanes of at least 4 members (excludes halogenated alkanes) is 4. The Morgan fingerprint density at radius 2 is 1.63 bits per heavy atom. The molecule has 0 radical (unpaired) electrons. The molecule has 3 heteroatoms. The van der Waals surface area contributed by atoms with Gasteiger partial charge in [-0.05, 0) is 55.0 Å². The third-order valence-corrected chi connectivity index (χ3v) is 5.19. The molecule has 0 spiro atoms. The SMILES string of the molecule is CCCCCc1cnc(-c2ccc(OCCCCCC(C)CC)cc2)nc1. The van der Waals surface area contributed by atoms with Crippen molar-refractivity contribution in [2.24, 2.45) is 5.92 Å². The Labute approximate surface area is 165 Å². The van der Waals surface area contributed by atoms with Gasteiger partial charge in [0.05, 0.1) is 6.61 Å². The predicted molar refractivity (Wildman–Crippen MR) is 114 cm³/mol. The highest BCUT2D eigenvalue weighted by molar-refractivity contribution is 5.55. The summed E-state index contributed by atoms with van der Waals surface area (Å²) >= 11 is 0. The van der Waals surface area contributed by atoms with E-state index in [9.17, 15) is 0 Å². The molecular formula is C24H36N2O. The lowest BCUT2D eigenvalue weighted by Crippen LogP contribution is -1.98. The molecule has 1 heterocycles. The largest absolute Gasteiger partial charge is 0.494 e. The number of hydrogen-bond acceptors (Lipinski definition) is 3. The molecule has 0 bridgehead atoms. The van der Waals surface area contributed by atoms with Gasteiger partial charge in [0.25, 0.3) is 0 Å². The van der Waals surface area contributed by atoms with Gasteiger partial charge in [-0.3, -0.25) is 0 Å². The molecule has 0 saturated heterocycles. The van der Waals surface area contributed by atoms with Crippen molar-refractivity contribution in [1.82, 2.24) is 9.97 Å². The van der Waals surface area contributed by atoms with Crippen molar-refractivity contribution in [3.05, 3.63) is 42.2 Å². The first-order valence-corrected chi connectivity index (χ1v) is 10.8. The van der Waals surface area contributed by atoms with E-state index in [1.54, 1.807) is 0 Å². The van der Waals surface area contributed by atoms with Crippen LogP contribution in [0.25, 0.3) is 11.4 Å². The van der Waals surface area contributed by atoms with Crippen LogP contribution in [0.2, 0.25) is 0 Å². The summed E-state index contributed by atoms with van der Waals surface area (Å²) in [5.74, 6) is 2.56. The maximum Gasteiger partial charge on any atom is 0.159 e. The number of rotatable bonds is 13. The second-order valence-corrected chi connectivity index (χ2v) is 7.61. The first-order valence-electron chi connectivity index (χ1n) is 10.8. The zero-order valence-corrected chi connectivity index (χ0v) is 17.4. The zero-order valence-electron chi connectivity index (χ0n) is 17.4. The van der Waals surface area contributed by atoms with Crippen molar-refractivity contribution in [3.63, 3.8) is 0 Å². The molecule has 27 heavy (non-hydrogen) atoms. The molecule has 0 aliphatic rings. The highest BCUT2D eigenvalue weighted by atomic mass is 16.5. The molecule has 148 valence electrons. The van der Waals surface area contributed by atoms with Crippen LogP contribution in [-0.2, 0) is 6.42 Å². The van der Waals surface area contributed by atoms with Crippen molar-refractivity contribution in [2.75, 3.05) is 6.61 Å². The standard InChI is InChI=1S/C24H36N2O/c1-4-6-8-12-21-18-25-24(26-19-21)22-13-15-23(16-14-22)27-17-10-7-9-11-20(3)5-2/h13-16,18-20H,4-12,17H2,1-3H3. The molecule has 0 aliphatic heterocycles. The molecule has 0 N–H and O–H groups in total. The topological polar surface area (TPSA) is 35.0 Å². The molecule has 1 aromatic carbocycles.